The van der Waals surface area contributed by atoms with E-state index in [1.54, 1.807) is 25.1 Å². The first-order valence-electron chi connectivity index (χ1n) is 7.98. The molecular weight excluding hydrogens is 326 g/mol. The van der Waals surface area contributed by atoms with Crippen LogP contribution in [-0.4, -0.2) is 12.7 Å². The highest BCUT2D eigenvalue weighted by Gasteiger charge is 2.12. The maximum atomic E-state index is 11.7. The van der Waals surface area contributed by atoms with Crippen LogP contribution < -0.4 is 10.1 Å². The molecule has 0 heterocycles. The van der Waals surface area contributed by atoms with Crippen LogP contribution in [-0.2, 0) is 17.8 Å². The fourth-order valence-corrected chi connectivity index (χ4v) is 2.57. The third kappa shape index (κ3) is 4.65. The molecule has 0 radical (unpaired) electrons. The molecule has 2 rings (SSSR count). The molecule has 1 N–H and O–H groups in total. The average Bonchev–Trinajstić information content (AvgIpc) is 2.55. The van der Waals surface area contributed by atoms with Gasteiger partial charge in [-0.25, -0.2) is 4.79 Å². The molecule has 0 fully saturated rings. The molecule has 2 aromatic carbocycles. The zero-order valence-electron chi connectivity index (χ0n) is 14.2. The Kier molecular flexibility index (Phi) is 6.50. The van der Waals surface area contributed by atoms with E-state index >= 15 is 0 Å². The molecule has 2 aromatic rings. The van der Waals surface area contributed by atoms with Gasteiger partial charge in [0, 0.05) is 10.6 Å². The highest BCUT2D eigenvalue weighted by molar-refractivity contribution is 6.31. The molecule has 0 saturated carbocycles. The summed E-state index contributed by atoms with van der Waals surface area (Å²) in [5.74, 6) is 0.800. The second kappa shape index (κ2) is 8.60. The van der Waals surface area contributed by atoms with Crippen LogP contribution >= 0.6 is 11.6 Å². The molecule has 0 spiro atoms. The number of hydrogen-bond donors (Lipinski definition) is 1. The van der Waals surface area contributed by atoms with Crippen LogP contribution in [0.3, 0.4) is 0 Å². The zero-order chi connectivity index (χ0) is 17.5. The standard InChI is InChI=1S/C19H22ClNO3/c1-4-14-9-10-18(13(3)11-14)24-12-15-16(20)7-6-8-17(15)21-19(22)23-5-2/h6-11H,4-5,12H2,1-3H3,(H,21,22). The summed E-state index contributed by atoms with van der Waals surface area (Å²) in [7, 11) is 0. The molecule has 0 aliphatic heterocycles. The van der Waals surface area contributed by atoms with Crippen LogP contribution in [0.1, 0.15) is 30.5 Å². The van der Waals surface area contributed by atoms with Crippen molar-refractivity contribution in [3.05, 3.63) is 58.1 Å². The van der Waals surface area contributed by atoms with Gasteiger partial charge in [0.25, 0.3) is 0 Å². The maximum Gasteiger partial charge on any atom is 0.411 e. The number of ether oxygens (including phenoxy) is 2. The SMILES string of the molecule is CCOC(=O)Nc1cccc(Cl)c1COc1ccc(CC)cc1C. The van der Waals surface area contributed by atoms with E-state index in [1.807, 2.05) is 19.1 Å². The number of amides is 1. The summed E-state index contributed by atoms with van der Waals surface area (Å²) < 4.78 is 10.8. The van der Waals surface area contributed by atoms with E-state index in [-0.39, 0.29) is 6.61 Å². The molecule has 128 valence electrons. The number of rotatable bonds is 6. The first-order chi connectivity index (χ1) is 11.5. The van der Waals surface area contributed by atoms with E-state index < -0.39 is 6.09 Å². The largest absolute Gasteiger partial charge is 0.488 e. The number of nitrogens with one attached hydrogen (secondary N) is 1. The quantitative estimate of drug-likeness (QED) is 0.765. The van der Waals surface area contributed by atoms with Crippen molar-refractivity contribution >= 4 is 23.4 Å². The lowest BCUT2D eigenvalue weighted by Crippen LogP contribution is -2.15. The van der Waals surface area contributed by atoms with Crippen molar-refractivity contribution < 1.29 is 14.3 Å². The van der Waals surface area contributed by atoms with Gasteiger partial charge in [-0.2, -0.15) is 0 Å². The lowest BCUT2D eigenvalue weighted by atomic mass is 10.1. The molecule has 0 saturated heterocycles. The van der Waals surface area contributed by atoms with Crippen molar-refractivity contribution in [1.82, 2.24) is 0 Å². The number of carbonyl (C=O) groups is 1. The lowest BCUT2D eigenvalue weighted by molar-refractivity contribution is 0.168. The molecule has 1 amide bonds. The van der Waals surface area contributed by atoms with Gasteiger partial charge in [0.15, 0.2) is 0 Å². The third-order valence-corrected chi connectivity index (χ3v) is 4.00. The normalized spacial score (nSPS) is 10.3. The molecule has 4 nitrogen and oxygen atoms in total. The van der Waals surface area contributed by atoms with Crippen molar-refractivity contribution in [3.8, 4) is 5.75 Å². The Hall–Kier alpha value is -2.20. The molecule has 0 unspecified atom stereocenters. The second-order valence-corrected chi connectivity index (χ2v) is 5.76. The topological polar surface area (TPSA) is 47.6 Å². The smallest absolute Gasteiger partial charge is 0.411 e. The minimum atomic E-state index is -0.510. The zero-order valence-corrected chi connectivity index (χ0v) is 14.9. The molecular formula is C19H22ClNO3. The van der Waals surface area contributed by atoms with Gasteiger partial charge in [-0.1, -0.05) is 36.7 Å². The highest BCUT2D eigenvalue weighted by Crippen LogP contribution is 2.27. The van der Waals surface area contributed by atoms with Gasteiger partial charge in [-0.05, 0) is 49.6 Å². The van der Waals surface area contributed by atoms with Crippen LogP contribution in [0.25, 0.3) is 0 Å². The summed E-state index contributed by atoms with van der Waals surface area (Å²) in [5, 5.41) is 3.23. The predicted molar refractivity (Wildman–Crippen MR) is 97.0 cm³/mol. The van der Waals surface area contributed by atoms with Gasteiger partial charge in [0.2, 0.25) is 0 Å². The minimum absolute atomic E-state index is 0.258. The molecule has 0 atom stereocenters. The number of aryl methyl sites for hydroxylation is 2. The predicted octanol–water partition coefficient (Wildman–Crippen LogP) is 5.36. The van der Waals surface area contributed by atoms with E-state index in [2.05, 4.69) is 18.3 Å². The maximum absolute atomic E-state index is 11.7. The first-order valence-corrected chi connectivity index (χ1v) is 8.36. The fourth-order valence-electron chi connectivity index (χ4n) is 2.34. The Morgan fingerprint density at radius 3 is 2.67 bits per heavy atom. The summed E-state index contributed by atoms with van der Waals surface area (Å²) >= 11 is 6.27. The molecule has 0 bridgehead atoms. The van der Waals surface area contributed by atoms with Gasteiger partial charge in [0.05, 0.1) is 12.3 Å². The Morgan fingerprint density at radius 2 is 2.00 bits per heavy atom. The Labute approximate surface area is 147 Å². The summed E-state index contributed by atoms with van der Waals surface area (Å²) in [4.78, 5) is 11.7. The van der Waals surface area contributed by atoms with Gasteiger partial charge < -0.3 is 9.47 Å². The van der Waals surface area contributed by atoms with Crippen LogP contribution in [0, 0.1) is 6.92 Å². The minimum Gasteiger partial charge on any atom is -0.488 e. The lowest BCUT2D eigenvalue weighted by Gasteiger charge is -2.15. The molecule has 0 aliphatic carbocycles. The summed E-state index contributed by atoms with van der Waals surface area (Å²) in [5.41, 5.74) is 3.64. The second-order valence-electron chi connectivity index (χ2n) is 5.35. The van der Waals surface area contributed by atoms with Crippen molar-refractivity contribution in [2.75, 3.05) is 11.9 Å². The molecule has 0 aromatic heterocycles. The fraction of sp³-hybridized carbons (Fsp3) is 0.316. The number of benzene rings is 2. The number of carbonyl (C=O) groups excluding carboxylic acids is 1. The van der Waals surface area contributed by atoms with Crippen molar-refractivity contribution in [3.63, 3.8) is 0 Å². The number of halogens is 1. The van der Waals surface area contributed by atoms with E-state index in [9.17, 15) is 4.79 Å². The summed E-state index contributed by atoms with van der Waals surface area (Å²) in [6, 6.07) is 11.4. The van der Waals surface area contributed by atoms with Crippen LogP contribution in [0.5, 0.6) is 5.75 Å². The Bertz CT molecular complexity index is 716. The van der Waals surface area contributed by atoms with E-state index in [0.717, 1.165) is 17.7 Å². The monoisotopic (exact) mass is 347 g/mol. The number of anilines is 1. The summed E-state index contributed by atoms with van der Waals surface area (Å²) in [6.07, 6.45) is 0.476. The van der Waals surface area contributed by atoms with E-state index in [1.165, 1.54) is 5.56 Å². The van der Waals surface area contributed by atoms with Crippen LogP contribution in [0.4, 0.5) is 10.5 Å². The van der Waals surface area contributed by atoms with Crippen LogP contribution in [0.15, 0.2) is 36.4 Å². The van der Waals surface area contributed by atoms with Crippen molar-refractivity contribution in [1.29, 1.82) is 0 Å². The van der Waals surface area contributed by atoms with Crippen LogP contribution in [0.2, 0.25) is 5.02 Å². The van der Waals surface area contributed by atoms with Gasteiger partial charge in [-0.15, -0.1) is 0 Å². The highest BCUT2D eigenvalue weighted by atomic mass is 35.5. The van der Waals surface area contributed by atoms with E-state index in [0.29, 0.717) is 22.9 Å². The van der Waals surface area contributed by atoms with E-state index in [4.69, 9.17) is 21.1 Å². The van der Waals surface area contributed by atoms with Crippen molar-refractivity contribution in [2.24, 2.45) is 0 Å². The molecule has 24 heavy (non-hydrogen) atoms. The van der Waals surface area contributed by atoms with Gasteiger partial charge in [0.1, 0.15) is 12.4 Å². The average molecular weight is 348 g/mol. The van der Waals surface area contributed by atoms with Crippen molar-refractivity contribution in [2.45, 2.75) is 33.8 Å². The number of hydrogen-bond acceptors (Lipinski definition) is 3. The first kappa shape index (κ1) is 18.1. The molecule has 0 aliphatic rings. The Morgan fingerprint density at radius 1 is 1.21 bits per heavy atom. The van der Waals surface area contributed by atoms with Gasteiger partial charge in [-0.3, -0.25) is 5.32 Å². The third-order valence-electron chi connectivity index (χ3n) is 3.65. The molecule has 5 heteroatoms. The van der Waals surface area contributed by atoms with Gasteiger partial charge >= 0.3 is 6.09 Å². The summed E-state index contributed by atoms with van der Waals surface area (Å²) in [6.45, 7) is 6.45. The Balaban J connectivity index is 2.16.